The molecule has 19 heavy (non-hydrogen) atoms. The van der Waals surface area contributed by atoms with Crippen molar-refractivity contribution in [2.24, 2.45) is 5.92 Å². The second-order valence-electron chi connectivity index (χ2n) is 4.70. The molecule has 0 radical (unpaired) electrons. The summed E-state index contributed by atoms with van der Waals surface area (Å²) in [7, 11) is 0. The number of carbonyl (C=O) groups excluding carboxylic acids is 1. The molecule has 0 spiro atoms. The summed E-state index contributed by atoms with van der Waals surface area (Å²) in [5.74, 6) is -2.57. The molecule has 0 fully saturated rings. The molecule has 0 aliphatic rings. The van der Waals surface area contributed by atoms with Crippen molar-refractivity contribution < 1.29 is 13.6 Å². The van der Waals surface area contributed by atoms with Crippen LogP contribution in [0, 0.1) is 17.6 Å². The minimum atomic E-state index is -0.808. The van der Waals surface area contributed by atoms with Crippen LogP contribution in [0.4, 0.5) is 8.78 Å². The first kappa shape index (κ1) is 13.4. The van der Waals surface area contributed by atoms with Gasteiger partial charge in [0.05, 0.1) is 5.56 Å². The van der Waals surface area contributed by atoms with Crippen molar-refractivity contribution in [3.8, 4) is 11.1 Å². The lowest BCUT2D eigenvalue weighted by atomic mass is 9.96. The second kappa shape index (κ2) is 5.31. The number of halogens is 2. The van der Waals surface area contributed by atoms with Crippen LogP contribution in [0.2, 0.25) is 0 Å². The van der Waals surface area contributed by atoms with Gasteiger partial charge in [-0.1, -0.05) is 44.2 Å². The number of carbonyl (C=O) groups is 1. The largest absolute Gasteiger partial charge is 0.294 e. The number of rotatable bonds is 3. The Morgan fingerprint density at radius 1 is 0.947 bits per heavy atom. The molecular formula is C16H14F2O. The fourth-order valence-electron chi connectivity index (χ4n) is 1.89. The van der Waals surface area contributed by atoms with Crippen molar-refractivity contribution in [1.82, 2.24) is 0 Å². The Morgan fingerprint density at radius 2 is 1.47 bits per heavy atom. The van der Waals surface area contributed by atoms with E-state index in [-0.39, 0.29) is 0 Å². The van der Waals surface area contributed by atoms with Gasteiger partial charge in [-0.05, 0) is 23.3 Å². The van der Waals surface area contributed by atoms with Crippen molar-refractivity contribution in [2.45, 2.75) is 13.8 Å². The van der Waals surface area contributed by atoms with Gasteiger partial charge in [0.15, 0.2) is 5.78 Å². The average molecular weight is 260 g/mol. The fraction of sp³-hybridized carbons (Fsp3) is 0.188. The Bertz CT molecular complexity index is 580. The van der Waals surface area contributed by atoms with E-state index in [0.29, 0.717) is 11.1 Å². The van der Waals surface area contributed by atoms with Gasteiger partial charge in [-0.25, -0.2) is 8.78 Å². The zero-order valence-electron chi connectivity index (χ0n) is 10.8. The summed E-state index contributed by atoms with van der Waals surface area (Å²) < 4.78 is 27.9. The van der Waals surface area contributed by atoms with Crippen LogP contribution in [-0.2, 0) is 0 Å². The predicted molar refractivity (Wildman–Crippen MR) is 71.0 cm³/mol. The first-order chi connectivity index (χ1) is 9.00. The third kappa shape index (κ3) is 2.70. The van der Waals surface area contributed by atoms with Crippen LogP contribution in [0.3, 0.4) is 0 Å². The average Bonchev–Trinajstić information content (AvgIpc) is 2.38. The van der Waals surface area contributed by atoms with Crippen LogP contribution in [0.5, 0.6) is 0 Å². The van der Waals surface area contributed by atoms with E-state index in [1.165, 1.54) is 12.1 Å². The van der Waals surface area contributed by atoms with Gasteiger partial charge in [-0.15, -0.1) is 0 Å². The summed E-state index contributed by atoms with van der Waals surface area (Å²) in [5, 5.41) is 0. The van der Waals surface area contributed by atoms with E-state index in [1.54, 1.807) is 38.1 Å². The van der Waals surface area contributed by atoms with Gasteiger partial charge in [0.25, 0.3) is 0 Å². The lowest BCUT2D eigenvalue weighted by molar-refractivity contribution is 0.0931. The van der Waals surface area contributed by atoms with Crippen LogP contribution in [-0.4, -0.2) is 5.78 Å². The number of benzene rings is 2. The lowest BCUT2D eigenvalue weighted by Gasteiger charge is -2.09. The van der Waals surface area contributed by atoms with Crippen molar-refractivity contribution in [1.29, 1.82) is 0 Å². The Kier molecular flexibility index (Phi) is 3.74. The molecule has 2 aromatic rings. The first-order valence-electron chi connectivity index (χ1n) is 6.09. The predicted octanol–water partition coefficient (Wildman–Crippen LogP) is 4.47. The Hall–Kier alpha value is -2.03. The van der Waals surface area contributed by atoms with Gasteiger partial charge < -0.3 is 0 Å². The molecule has 0 aliphatic carbocycles. The number of hydrogen-bond donors (Lipinski definition) is 0. The van der Waals surface area contributed by atoms with Gasteiger partial charge in [-0.2, -0.15) is 0 Å². The molecule has 3 heteroatoms. The highest BCUT2D eigenvalue weighted by atomic mass is 19.1. The van der Waals surface area contributed by atoms with Crippen molar-refractivity contribution in [3.63, 3.8) is 0 Å². The molecule has 0 N–H and O–H groups in total. The van der Waals surface area contributed by atoms with Gasteiger partial charge in [0.1, 0.15) is 11.6 Å². The molecule has 0 heterocycles. The summed E-state index contributed by atoms with van der Waals surface area (Å²) in [6, 6.07) is 11.3. The molecular weight excluding hydrogens is 246 g/mol. The summed E-state index contributed by atoms with van der Waals surface area (Å²) in [5.41, 5.74) is 0.689. The van der Waals surface area contributed by atoms with Gasteiger partial charge >= 0.3 is 0 Å². The summed E-state index contributed by atoms with van der Waals surface area (Å²) in [4.78, 5) is 11.8. The standard InChI is InChI=1S/C16H14F2O/c1-10(2)16(19)15-13(17)8-12(9-14(15)18)11-6-4-3-5-7-11/h3-10H,1-2H3. The maximum atomic E-state index is 13.9. The molecule has 0 saturated heterocycles. The highest BCUT2D eigenvalue weighted by Crippen LogP contribution is 2.25. The van der Waals surface area contributed by atoms with Crippen molar-refractivity contribution in [3.05, 3.63) is 59.7 Å². The number of hydrogen-bond acceptors (Lipinski definition) is 1. The highest BCUT2D eigenvalue weighted by Gasteiger charge is 2.21. The number of Topliss-reactive ketones (excluding diaryl/α,β-unsaturated/α-hetero) is 1. The maximum absolute atomic E-state index is 13.9. The van der Waals surface area contributed by atoms with E-state index in [9.17, 15) is 13.6 Å². The normalized spacial score (nSPS) is 10.8. The molecule has 98 valence electrons. The smallest absolute Gasteiger partial charge is 0.171 e. The first-order valence-corrected chi connectivity index (χ1v) is 6.09. The van der Waals surface area contributed by atoms with E-state index < -0.39 is 28.9 Å². The molecule has 0 atom stereocenters. The molecule has 2 aromatic carbocycles. The molecule has 0 amide bonds. The minimum Gasteiger partial charge on any atom is -0.294 e. The van der Waals surface area contributed by atoms with Gasteiger partial charge in [0.2, 0.25) is 0 Å². The topological polar surface area (TPSA) is 17.1 Å². The number of ketones is 1. The quantitative estimate of drug-likeness (QED) is 0.744. The summed E-state index contributed by atoms with van der Waals surface area (Å²) in [6.45, 7) is 3.23. The third-order valence-electron chi connectivity index (χ3n) is 2.92. The van der Waals surface area contributed by atoms with Crippen LogP contribution in [0.1, 0.15) is 24.2 Å². The molecule has 1 nitrogen and oxygen atoms in total. The van der Waals surface area contributed by atoms with Gasteiger partial charge in [0, 0.05) is 5.92 Å². The second-order valence-corrected chi connectivity index (χ2v) is 4.70. The van der Waals surface area contributed by atoms with Crippen LogP contribution < -0.4 is 0 Å². The van der Waals surface area contributed by atoms with E-state index in [4.69, 9.17) is 0 Å². The third-order valence-corrected chi connectivity index (χ3v) is 2.92. The SMILES string of the molecule is CC(C)C(=O)c1c(F)cc(-c2ccccc2)cc1F. The molecule has 0 unspecified atom stereocenters. The molecule has 0 aliphatic heterocycles. The van der Waals surface area contributed by atoms with Gasteiger partial charge in [-0.3, -0.25) is 4.79 Å². The zero-order chi connectivity index (χ0) is 14.0. The monoisotopic (exact) mass is 260 g/mol. The Morgan fingerprint density at radius 3 is 1.95 bits per heavy atom. The van der Waals surface area contributed by atoms with E-state index in [1.807, 2.05) is 6.07 Å². The van der Waals surface area contributed by atoms with Crippen molar-refractivity contribution >= 4 is 5.78 Å². The molecule has 2 rings (SSSR count). The van der Waals surface area contributed by atoms with E-state index in [0.717, 1.165) is 0 Å². The van der Waals surface area contributed by atoms with Crippen LogP contribution in [0.25, 0.3) is 11.1 Å². The fourth-order valence-corrected chi connectivity index (χ4v) is 1.89. The van der Waals surface area contributed by atoms with Crippen molar-refractivity contribution in [2.75, 3.05) is 0 Å². The van der Waals surface area contributed by atoms with Crippen LogP contribution >= 0.6 is 0 Å². The summed E-state index contributed by atoms with van der Waals surface area (Å²) >= 11 is 0. The minimum absolute atomic E-state index is 0.427. The Labute approximate surface area is 110 Å². The molecule has 0 saturated carbocycles. The maximum Gasteiger partial charge on any atom is 0.171 e. The van der Waals surface area contributed by atoms with E-state index >= 15 is 0 Å². The Balaban J connectivity index is 2.52. The highest BCUT2D eigenvalue weighted by molar-refractivity contribution is 5.98. The lowest BCUT2D eigenvalue weighted by Crippen LogP contribution is -2.12. The summed E-state index contributed by atoms with van der Waals surface area (Å²) in [6.07, 6.45) is 0. The molecule has 0 aromatic heterocycles. The molecule has 0 bridgehead atoms. The van der Waals surface area contributed by atoms with E-state index in [2.05, 4.69) is 0 Å². The van der Waals surface area contributed by atoms with Crippen LogP contribution in [0.15, 0.2) is 42.5 Å². The zero-order valence-corrected chi connectivity index (χ0v) is 10.8.